The Morgan fingerprint density at radius 1 is 1.00 bits per heavy atom. The van der Waals surface area contributed by atoms with Crippen molar-refractivity contribution in [3.05, 3.63) is 0 Å². The molecule has 0 saturated carbocycles. The molecule has 0 aromatic rings. The molecule has 2 heteroatoms. The van der Waals surface area contributed by atoms with Gasteiger partial charge in [-0.25, -0.2) is 0 Å². The zero-order valence-electron chi connectivity index (χ0n) is 9.22. The van der Waals surface area contributed by atoms with Gasteiger partial charge in [0.1, 0.15) is 6.23 Å². The summed E-state index contributed by atoms with van der Waals surface area (Å²) in [6, 6.07) is 0. The van der Waals surface area contributed by atoms with Crippen LogP contribution in [0.1, 0.15) is 58.8 Å². The number of ether oxygens (including phenoxy) is 1. The topological polar surface area (TPSA) is 35.2 Å². The number of unbranched alkanes of at least 4 members (excludes halogenated alkanes) is 4. The van der Waals surface area contributed by atoms with Gasteiger partial charge >= 0.3 is 0 Å². The molecule has 0 fully saturated rings. The summed E-state index contributed by atoms with van der Waals surface area (Å²) in [5.74, 6) is 0. The molecule has 2 N–H and O–H groups in total. The second-order valence-corrected chi connectivity index (χ2v) is 3.61. The Morgan fingerprint density at radius 2 is 1.69 bits per heavy atom. The molecule has 0 rings (SSSR count). The average molecular weight is 187 g/mol. The van der Waals surface area contributed by atoms with E-state index in [0.29, 0.717) is 0 Å². The predicted octanol–water partition coefficient (Wildman–Crippen LogP) is 3.06. The fourth-order valence-electron chi connectivity index (χ4n) is 1.25. The van der Waals surface area contributed by atoms with Crippen molar-refractivity contribution in [1.29, 1.82) is 0 Å². The van der Waals surface area contributed by atoms with Crippen LogP contribution < -0.4 is 5.73 Å². The van der Waals surface area contributed by atoms with Crippen LogP contribution >= 0.6 is 0 Å². The van der Waals surface area contributed by atoms with Crippen LogP contribution in [0.15, 0.2) is 0 Å². The van der Waals surface area contributed by atoms with Gasteiger partial charge in [-0.15, -0.1) is 0 Å². The lowest BCUT2D eigenvalue weighted by molar-refractivity contribution is 0.0479. The second kappa shape index (κ2) is 10.0. The van der Waals surface area contributed by atoms with Crippen LogP contribution in [0.2, 0.25) is 0 Å². The summed E-state index contributed by atoms with van der Waals surface area (Å²) in [6.07, 6.45) is 8.38. The molecule has 0 aliphatic heterocycles. The minimum absolute atomic E-state index is 0.0263. The Labute approximate surface area is 82.8 Å². The van der Waals surface area contributed by atoms with E-state index in [2.05, 4.69) is 13.8 Å². The molecule has 0 aliphatic rings. The summed E-state index contributed by atoms with van der Waals surface area (Å²) in [5.41, 5.74) is 5.75. The van der Waals surface area contributed by atoms with Crippen molar-refractivity contribution in [3.63, 3.8) is 0 Å². The molecule has 0 radical (unpaired) electrons. The van der Waals surface area contributed by atoms with Crippen LogP contribution in [-0.2, 0) is 4.74 Å². The Bertz CT molecular complexity index is 96.1. The molecule has 0 aromatic heterocycles. The molecule has 0 spiro atoms. The Hall–Kier alpha value is -0.0800. The summed E-state index contributed by atoms with van der Waals surface area (Å²) < 4.78 is 5.47. The fraction of sp³-hybridized carbons (Fsp3) is 1.00. The lowest BCUT2D eigenvalue weighted by atomic mass is 10.2. The molecule has 0 amide bonds. The predicted molar refractivity (Wildman–Crippen MR) is 57.6 cm³/mol. The van der Waals surface area contributed by atoms with Gasteiger partial charge in [-0.3, -0.25) is 0 Å². The van der Waals surface area contributed by atoms with Crippen LogP contribution in [0.5, 0.6) is 0 Å². The maximum absolute atomic E-state index is 5.75. The number of hydrogen-bond donors (Lipinski definition) is 1. The van der Waals surface area contributed by atoms with E-state index in [-0.39, 0.29) is 6.23 Å². The van der Waals surface area contributed by atoms with E-state index in [4.69, 9.17) is 10.5 Å². The zero-order chi connectivity index (χ0) is 9.94. The van der Waals surface area contributed by atoms with Crippen molar-refractivity contribution in [2.45, 2.75) is 65.0 Å². The number of rotatable bonds is 9. The summed E-state index contributed by atoms with van der Waals surface area (Å²) in [7, 11) is 0. The third-order valence-electron chi connectivity index (χ3n) is 2.17. The molecule has 0 bridgehead atoms. The number of nitrogens with two attached hydrogens (primary N) is 1. The van der Waals surface area contributed by atoms with Gasteiger partial charge in [0.05, 0.1) is 0 Å². The molecule has 2 nitrogen and oxygen atoms in total. The van der Waals surface area contributed by atoms with Crippen molar-refractivity contribution in [3.8, 4) is 0 Å². The first-order chi connectivity index (χ1) is 6.31. The van der Waals surface area contributed by atoms with Gasteiger partial charge in [0.2, 0.25) is 0 Å². The van der Waals surface area contributed by atoms with Crippen molar-refractivity contribution in [1.82, 2.24) is 0 Å². The van der Waals surface area contributed by atoms with Crippen LogP contribution in [0.4, 0.5) is 0 Å². The van der Waals surface area contributed by atoms with Crippen molar-refractivity contribution in [2.24, 2.45) is 5.73 Å². The Kier molecular flexibility index (Phi) is 9.94. The van der Waals surface area contributed by atoms with Crippen molar-refractivity contribution < 1.29 is 4.74 Å². The van der Waals surface area contributed by atoms with E-state index in [1.54, 1.807) is 0 Å². The molecular weight excluding hydrogens is 162 g/mol. The summed E-state index contributed by atoms with van der Waals surface area (Å²) in [6.45, 7) is 5.23. The van der Waals surface area contributed by atoms with Gasteiger partial charge in [-0.1, -0.05) is 39.5 Å². The molecule has 0 saturated heterocycles. The molecule has 80 valence electrons. The fourth-order valence-corrected chi connectivity index (χ4v) is 1.25. The van der Waals surface area contributed by atoms with Crippen molar-refractivity contribution >= 4 is 0 Å². The third-order valence-corrected chi connectivity index (χ3v) is 2.17. The number of hydrogen-bond acceptors (Lipinski definition) is 2. The van der Waals surface area contributed by atoms with Gasteiger partial charge in [-0.2, -0.15) is 0 Å². The highest BCUT2D eigenvalue weighted by Crippen LogP contribution is 2.03. The molecule has 0 aliphatic carbocycles. The normalized spacial score (nSPS) is 13.2. The van der Waals surface area contributed by atoms with E-state index >= 15 is 0 Å². The maximum Gasteiger partial charge on any atom is 0.105 e. The van der Waals surface area contributed by atoms with E-state index in [9.17, 15) is 0 Å². The molecule has 13 heavy (non-hydrogen) atoms. The summed E-state index contributed by atoms with van der Waals surface area (Å²) in [5, 5.41) is 0. The maximum atomic E-state index is 5.75. The lowest BCUT2D eigenvalue weighted by Crippen LogP contribution is -2.24. The SMILES string of the molecule is CCCCCCOC(N)CCCC. The molecular formula is C11H25NO. The standard InChI is InChI=1S/C11H25NO/c1-3-5-7-8-10-13-11(12)9-6-4-2/h11H,3-10,12H2,1-2H3. The highest BCUT2D eigenvalue weighted by atomic mass is 16.5. The summed E-state index contributed by atoms with van der Waals surface area (Å²) >= 11 is 0. The summed E-state index contributed by atoms with van der Waals surface area (Å²) in [4.78, 5) is 0. The quantitative estimate of drug-likeness (QED) is 0.445. The van der Waals surface area contributed by atoms with Gasteiger partial charge in [-0.05, 0) is 19.3 Å². The van der Waals surface area contributed by atoms with E-state index in [0.717, 1.165) is 19.4 Å². The monoisotopic (exact) mass is 187 g/mol. The van der Waals surface area contributed by atoms with Crippen LogP contribution in [0.25, 0.3) is 0 Å². The molecule has 0 heterocycles. The molecule has 0 aromatic carbocycles. The van der Waals surface area contributed by atoms with Crippen LogP contribution in [0.3, 0.4) is 0 Å². The minimum Gasteiger partial charge on any atom is -0.364 e. The average Bonchev–Trinajstić information content (AvgIpc) is 2.14. The minimum atomic E-state index is -0.0263. The van der Waals surface area contributed by atoms with Crippen LogP contribution in [0, 0.1) is 0 Å². The Balaban J connectivity index is 3.03. The van der Waals surface area contributed by atoms with Gasteiger partial charge in [0.25, 0.3) is 0 Å². The zero-order valence-corrected chi connectivity index (χ0v) is 9.22. The highest BCUT2D eigenvalue weighted by Gasteiger charge is 2.00. The molecule has 1 atom stereocenters. The first kappa shape index (κ1) is 12.9. The first-order valence-electron chi connectivity index (χ1n) is 5.68. The molecule has 1 unspecified atom stereocenters. The first-order valence-corrected chi connectivity index (χ1v) is 5.68. The Morgan fingerprint density at radius 3 is 2.31 bits per heavy atom. The van der Waals surface area contributed by atoms with Crippen molar-refractivity contribution in [2.75, 3.05) is 6.61 Å². The van der Waals surface area contributed by atoms with Crippen LogP contribution in [-0.4, -0.2) is 12.8 Å². The van der Waals surface area contributed by atoms with E-state index in [1.165, 1.54) is 32.1 Å². The largest absolute Gasteiger partial charge is 0.364 e. The van der Waals surface area contributed by atoms with Gasteiger partial charge < -0.3 is 10.5 Å². The highest BCUT2D eigenvalue weighted by molar-refractivity contribution is 4.48. The van der Waals surface area contributed by atoms with E-state index in [1.807, 2.05) is 0 Å². The smallest absolute Gasteiger partial charge is 0.105 e. The third kappa shape index (κ3) is 9.84. The second-order valence-electron chi connectivity index (χ2n) is 3.61. The van der Waals surface area contributed by atoms with Gasteiger partial charge in [0, 0.05) is 6.61 Å². The lowest BCUT2D eigenvalue weighted by Gasteiger charge is -2.11. The van der Waals surface area contributed by atoms with Gasteiger partial charge in [0.15, 0.2) is 0 Å². The van der Waals surface area contributed by atoms with E-state index < -0.39 is 0 Å².